The quantitative estimate of drug-likeness (QED) is 0.867. The highest BCUT2D eigenvalue weighted by Gasteiger charge is 2.03. The summed E-state index contributed by atoms with van der Waals surface area (Å²) in [4.78, 5) is 4.04. The molecule has 0 aliphatic rings. The second kappa shape index (κ2) is 6.31. The average Bonchev–Trinajstić information content (AvgIpc) is 2.40. The van der Waals surface area contributed by atoms with Gasteiger partial charge in [-0.2, -0.15) is 0 Å². The highest BCUT2D eigenvalue weighted by atomic mass is 14.9. The zero-order valence-corrected chi connectivity index (χ0v) is 11.1. The van der Waals surface area contributed by atoms with Gasteiger partial charge in [-0.25, -0.2) is 0 Å². The Balaban J connectivity index is 1.82. The molecule has 2 rings (SSSR count). The molecule has 18 heavy (non-hydrogen) atoms. The molecule has 1 aromatic carbocycles. The van der Waals surface area contributed by atoms with Crippen molar-refractivity contribution < 1.29 is 0 Å². The van der Waals surface area contributed by atoms with Gasteiger partial charge < -0.3 is 5.32 Å². The smallest absolute Gasteiger partial charge is 0.0293 e. The Bertz CT molecular complexity index is 479. The Labute approximate surface area is 109 Å². The number of nitrogens with one attached hydrogen (secondary N) is 1. The van der Waals surface area contributed by atoms with Crippen molar-refractivity contribution in [3.05, 3.63) is 65.5 Å². The van der Waals surface area contributed by atoms with Gasteiger partial charge in [0.15, 0.2) is 0 Å². The van der Waals surface area contributed by atoms with Crippen LogP contribution in [0.1, 0.15) is 29.7 Å². The fourth-order valence-electron chi connectivity index (χ4n) is 2.07. The summed E-state index contributed by atoms with van der Waals surface area (Å²) in [5, 5.41) is 3.54. The average molecular weight is 240 g/mol. The van der Waals surface area contributed by atoms with Crippen molar-refractivity contribution in [2.45, 2.75) is 26.3 Å². The molecular formula is C16H20N2. The summed E-state index contributed by atoms with van der Waals surface area (Å²) in [6.45, 7) is 5.31. The lowest BCUT2D eigenvalue weighted by molar-refractivity contribution is 0.576. The maximum Gasteiger partial charge on any atom is 0.0293 e. The summed E-state index contributed by atoms with van der Waals surface area (Å²) in [5.74, 6) is 0. The zero-order chi connectivity index (χ0) is 12.8. The number of nitrogens with zero attached hydrogens (tertiary/aromatic N) is 1. The molecule has 0 saturated heterocycles. The molecule has 2 nitrogen and oxygen atoms in total. The third-order valence-corrected chi connectivity index (χ3v) is 3.15. The van der Waals surface area contributed by atoms with E-state index in [0.717, 1.165) is 13.0 Å². The van der Waals surface area contributed by atoms with E-state index in [4.69, 9.17) is 0 Å². The fourth-order valence-corrected chi connectivity index (χ4v) is 2.07. The third kappa shape index (κ3) is 3.67. The molecule has 2 aromatic rings. The van der Waals surface area contributed by atoms with Crippen molar-refractivity contribution in [1.82, 2.24) is 10.3 Å². The summed E-state index contributed by atoms with van der Waals surface area (Å²) < 4.78 is 0. The van der Waals surface area contributed by atoms with Crippen LogP contribution in [-0.4, -0.2) is 11.5 Å². The van der Waals surface area contributed by atoms with Crippen molar-refractivity contribution in [2.24, 2.45) is 0 Å². The predicted octanol–water partition coefficient (Wildman–Crippen LogP) is 3.28. The van der Waals surface area contributed by atoms with E-state index in [0.29, 0.717) is 6.04 Å². The first kappa shape index (κ1) is 12.8. The van der Waals surface area contributed by atoms with E-state index in [9.17, 15) is 0 Å². The molecule has 0 aliphatic heterocycles. The number of aromatic nitrogens is 1. The van der Waals surface area contributed by atoms with Crippen LogP contribution in [0.5, 0.6) is 0 Å². The minimum atomic E-state index is 0.373. The van der Waals surface area contributed by atoms with Gasteiger partial charge in [-0.15, -0.1) is 0 Å². The second-order valence-corrected chi connectivity index (χ2v) is 4.70. The first-order valence-electron chi connectivity index (χ1n) is 6.44. The molecule has 0 radical (unpaired) electrons. The normalized spacial score (nSPS) is 12.3. The molecule has 0 aliphatic carbocycles. The molecule has 1 aromatic heterocycles. The highest BCUT2D eigenvalue weighted by Crippen LogP contribution is 2.10. The summed E-state index contributed by atoms with van der Waals surface area (Å²) in [5.41, 5.74) is 4.01. The summed E-state index contributed by atoms with van der Waals surface area (Å²) in [7, 11) is 0. The maximum absolute atomic E-state index is 4.04. The molecule has 0 spiro atoms. The van der Waals surface area contributed by atoms with Crippen molar-refractivity contribution in [3.63, 3.8) is 0 Å². The van der Waals surface area contributed by atoms with Crippen LogP contribution in [0.15, 0.2) is 48.8 Å². The van der Waals surface area contributed by atoms with Crippen LogP contribution in [0.25, 0.3) is 0 Å². The molecule has 1 atom stereocenters. The van der Waals surface area contributed by atoms with Gasteiger partial charge in [-0.1, -0.05) is 29.8 Å². The minimum Gasteiger partial charge on any atom is -0.310 e. The van der Waals surface area contributed by atoms with Gasteiger partial charge in [-0.05, 0) is 50.1 Å². The predicted molar refractivity (Wildman–Crippen MR) is 75.5 cm³/mol. The van der Waals surface area contributed by atoms with Gasteiger partial charge in [0.25, 0.3) is 0 Å². The Morgan fingerprint density at radius 1 is 1.17 bits per heavy atom. The van der Waals surface area contributed by atoms with Crippen molar-refractivity contribution in [2.75, 3.05) is 6.54 Å². The molecule has 2 heteroatoms. The first-order chi connectivity index (χ1) is 8.75. The van der Waals surface area contributed by atoms with Gasteiger partial charge >= 0.3 is 0 Å². The van der Waals surface area contributed by atoms with Gasteiger partial charge in [0.1, 0.15) is 0 Å². The van der Waals surface area contributed by atoms with Crippen LogP contribution >= 0.6 is 0 Å². The standard InChI is InChI=1S/C16H20N2/c1-13-4-3-5-15(12-13)6-11-18-14(2)16-7-9-17-10-8-16/h3-5,7-10,12,14,18H,6,11H2,1-2H3. The van der Waals surface area contributed by atoms with Crippen LogP contribution < -0.4 is 5.32 Å². The van der Waals surface area contributed by atoms with Crippen molar-refractivity contribution >= 4 is 0 Å². The van der Waals surface area contributed by atoms with Crippen molar-refractivity contribution in [1.29, 1.82) is 0 Å². The lowest BCUT2D eigenvalue weighted by atomic mass is 10.1. The molecule has 1 heterocycles. The molecule has 94 valence electrons. The van der Waals surface area contributed by atoms with Crippen LogP contribution in [0, 0.1) is 6.92 Å². The first-order valence-corrected chi connectivity index (χ1v) is 6.44. The molecule has 1 N–H and O–H groups in total. The molecule has 0 fully saturated rings. The monoisotopic (exact) mass is 240 g/mol. The number of pyridine rings is 1. The minimum absolute atomic E-state index is 0.373. The van der Waals surface area contributed by atoms with Crippen LogP contribution in [0.4, 0.5) is 0 Å². The number of rotatable bonds is 5. The van der Waals surface area contributed by atoms with E-state index < -0.39 is 0 Å². The van der Waals surface area contributed by atoms with Gasteiger partial charge in [0.2, 0.25) is 0 Å². The van der Waals surface area contributed by atoms with E-state index in [1.165, 1.54) is 16.7 Å². The summed E-state index contributed by atoms with van der Waals surface area (Å²) in [6.07, 6.45) is 4.75. The number of hydrogen-bond acceptors (Lipinski definition) is 2. The van der Waals surface area contributed by atoms with E-state index in [1.807, 2.05) is 12.4 Å². The number of benzene rings is 1. The van der Waals surface area contributed by atoms with Crippen LogP contribution in [-0.2, 0) is 6.42 Å². The highest BCUT2D eigenvalue weighted by molar-refractivity contribution is 5.22. The Morgan fingerprint density at radius 2 is 1.94 bits per heavy atom. The fraction of sp³-hybridized carbons (Fsp3) is 0.312. The van der Waals surface area contributed by atoms with E-state index in [-0.39, 0.29) is 0 Å². The lowest BCUT2D eigenvalue weighted by Gasteiger charge is -2.14. The second-order valence-electron chi connectivity index (χ2n) is 4.70. The molecule has 0 bridgehead atoms. The SMILES string of the molecule is Cc1cccc(CCNC(C)c2ccncc2)c1. The number of hydrogen-bond donors (Lipinski definition) is 1. The van der Waals surface area contributed by atoms with Gasteiger partial charge in [-0.3, -0.25) is 4.98 Å². The zero-order valence-electron chi connectivity index (χ0n) is 11.1. The molecule has 0 amide bonds. The lowest BCUT2D eigenvalue weighted by Crippen LogP contribution is -2.21. The van der Waals surface area contributed by atoms with Crippen molar-refractivity contribution in [3.8, 4) is 0 Å². The van der Waals surface area contributed by atoms with Crippen LogP contribution in [0.2, 0.25) is 0 Å². The third-order valence-electron chi connectivity index (χ3n) is 3.15. The van der Waals surface area contributed by atoms with E-state index >= 15 is 0 Å². The van der Waals surface area contributed by atoms with E-state index in [1.54, 1.807) is 0 Å². The summed E-state index contributed by atoms with van der Waals surface area (Å²) >= 11 is 0. The van der Waals surface area contributed by atoms with E-state index in [2.05, 4.69) is 60.5 Å². The largest absolute Gasteiger partial charge is 0.310 e. The Hall–Kier alpha value is -1.67. The molecular weight excluding hydrogens is 220 g/mol. The van der Waals surface area contributed by atoms with Crippen LogP contribution in [0.3, 0.4) is 0 Å². The maximum atomic E-state index is 4.04. The number of aryl methyl sites for hydroxylation is 1. The molecule has 0 saturated carbocycles. The van der Waals surface area contributed by atoms with Gasteiger partial charge in [0.05, 0.1) is 0 Å². The van der Waals surface area contributed by atoms with Gasteiger partial charge in [0, 0.05) is 18.4 Å². The molecule has 1 unspecified atom stereocenters. The summed E-state index contributed by atoms with van der Waals surface area (Å²) in [6, 6.07) is 13.2. The Kier molecular flexibility index (Phi) is 4.48. The topological polar surface area (TPSA) is 24.9 Å². The Morgan fingerprint density at radius 3 is 2.67 bits per heavy atom.